The van der Waals surface area contributed by atoms with Crippen LogP contribution in [0.15, 0.2) is 53.6 Å². The van der Waals surface area contributed by atoms with Gasteiger partial charge < -0.3 is 9.47 Å². The molecule has 1 saturated heterocycles. The van der Waals surface area contributed by atoms with E-state index in [9.17, 15) is 4.79 Å². The van der Waals surface area contributed by atoms with Crippen molar-refractivity contribution in [1.82, 2.24) is 9.99 Å². The molecular formula is C26H30N4O. The minimum absolute atomic E-state index is 0.201. The summed E-state index contributed by atoms with van der Waals surface area (Å²) in [6, 6.07) is 16.3. The SMILES string of the molecule is Cc1ccc(-n2c(C)cc(/C=N\NC(=O)c3ccc(N4CCCC4)cc3)c2C)c(C)c1. The summed E-state index contributed by atoms with van der Waals surface area (Å²) in [5.41, 5.74) is 11.3. The van der Waals surface area contributed by atoms with Crippen LogP contribution in [0.4, 0.5) is 5.69 Å². The molecule has 1 aliphatic heterocycles. The van der Waals surface area contributed by atoms with Crippen molar-refractivity contribution in [3.63, 3.8) is 0 Å². The van der Waals surface area contributed by atoms with Crippen LogP contribution in [0.1, 0.15) is 51.3 Å². The highest BCUT2D eigenvalue weighted by molar-refractivity contribution is 5.95. The maximum atomic E-state index is 12.5. The van der Waals surface area contributed by atoms with Gasteiger partial charge in [0.15, 0.2) is 0 Å². The number of hydrogen-bond acceptors (Lipinski definition) is 3. The highest BCUT2D eigenvalue weighted by Crippen LogP contribution is 2.23. The second kappa shape index (κ2) is 8.80. The number of amides is 1. The molecule has 31 heavy (non-hydrogen) atoms. The van der Waals surface area contributed by atoms with E-state index in [-0.39, 0.29) is 5.91 Å². The number of hydrogen-bond donors (Lipinski definition) is 1. The molecule has 3 aromatic rings. The summed E-state index contributed by atoms with van der Waals surface area (Å²) in [7, 11) is 0. The summed E-state index contributed by atoms with van der Waals surface area (Å²) in [5, 5.41) is 4.21. The first-order valence-corrected chi connectivity index (χ1v) is 10.9. The molecule has 160 valence electrons. The predicted octanol–water partition coefficient (Wildman–Crippen LogP) is 5.08. The van der Waals surface area contributed by atoms with Gasteiger partial charge in [-0.05, 0) is 82.5 Å². The lowest BCUT2D eigenvalue weighted by molar-refractivity contribution is 0.0955. The average molecular weight is 415 g/mol. The summed E-state index contributed by atoms with van der Waals surface area (Å²) in [6.45, 7) is 10.6. The molecule has 1 fully saturated rings. The van der Waals surface area contributed by atoms with Gasteiger partial charge in [0.2, 0.25) is 0 Å². The van der Waals surface area contributed by atoms with Crippen molar-refractivity contribution in [2.45, 2.75) is 40.5 Å². The zero-order valence-corrected chi connectivity index (χ0v) is 18.8. The molecule has 0 atom stereocenters. The Bertz CT molecular complexity index is 1120. The van der Waals surface area contributed by atoms with Crippen LogP contribution in [-0.2, 0) is 0 Å². The van der Waals surface area contributed by atoms with E-state index in [2.05, 4.69) is 72.0 Å². The molecular weight excluding hydrogens is 384 g/mol. The van der Waals surface area contributed by atoms with Crippen LogP contribution in [0, 0.1) is 27.7 Å². The number of nitrogens with zero attached hydrogens (tertiary/aromatic N) is 3. The molecule has 2 heterocycles. The second-order valence-electron chi connectivity index (χ2n) is 8.39. The van der Waals surface area contributed by atoms with Crippen LogP contribution in [0.3, 0.4) is 0 Å². The molecule has 0 radical (unpaired) electrons. The zero-order chi connectivity index (χ0) is 22.0. The fourth-order valence-corrected chi connectivity index (χ4v) is 4.37. The van der Waals surface area contributed by atoms with Crippen molar-refractivity contribution < 1.29 is 4.79 Å². The van der Waals surface area contributed by atoms with Crippen molar-refractivity contribution in [3.05, 3.63) is 82.2 Å². The minimum atomic E-state index is -0.201. The maximum absolute atomic E-state index is 12.5. The van der Waals surface area contributed by atoms with Gasteiger partial charge in [-0.15, -0.1) is 0 Å². The quantitative estimate of drug-likeness (QED) is 0.468. The van der Waals surface area contributed by atoms with Crippen molar-refractivity contribution >= 4 is 17.8 Å². The van der Waals surface area contributed by atoms with Gasteiger partial charge in [0, 0.05) is 47.0 Å². The van der Waals surface area contributed by atoms with Gasteiger partial charge in [-0.3, -0.25) is 4.79 Å². The molecule has 4 rings (SSSR count). The number of rotatable bonds is 5. The van der Waals surface area contributed by atoms with E-state index in [1.165, 1.54) is 35.3 Å². The van der Waals surface area contributed by atoms with Gasteiger partial charge >= 0.3 is 0 Å². The average Bonchev–Trinajstić information content (AvgIpc) is 3.38. The first-order valence-electron chi connectivity index (χ1n) is 10.9. The Balaban J connectivity index is 1.46. The summed E-state index contributed by atoms with van der Waals surface area (Å²) < 4.78 is 2.23. The van der Waals surface area contributed by atoms with Gasteiger partial charge in [-0.2, -0.15) is 5.10 Å². The van der Waals surface area contributed by atoms with Crippen molar-refractivity contribution in [2.75, 3.05) is 18.0 Å². The highest BCUT2D eigenvalue weighted by Gasteiger charge is 2.14. The Kier molecular flexibility index (Phi) is 5.94. The molecule has 2 aromatic carbocycles. The zero-order valence-electron chi connectivity index (χ0n) is 18.8. The van der Waals surface area contributed by atoms with E-state index in [1.807, 2.05) is 24.3 Å². The molecule has 5 nitrogen and oxygen atoms in total. The number of hydrazone groups is 1. The molecule has 1 aromatic heterocycles. The molecule has 1 amide bonds. The normalized spacial score (nSPS) is 13.9. The number of benzene rings is 2. The van der Waals surface area contributed by atoms with Gasteiger partial charge in [0.05, 0.1) is 6.21 Å². The Morgan fingerprint density at radius 3 is 2.35 bits per heavy atom. The van der Waals surface area contributed by atoms with E-state index in [1.54, 1.807) is 6.21 Å². The number of aryl methyl sites for hydroxylation is 3. The van der Waals surface area contributed by atoms with Crippen LogP contribution in [0.2, 0.25) is 0 Å². The summed E-state index contributed by atoms with van der Waals surface area (Å²) in [5.74, 6) is -0.201. The Labute approximate surface area is 184 Å². The first kappa shape index (κ1) is 20.9. The van der Waals surface area contributed by atoms with Crippen LogP contribution in [-0.4, -0.2) is 29.8 Å². The van der Waals surface area contributed by atoms with Crippen LogP contribution >= 0.6 is 0 Å². The smallest absolute Gasteiger partial charge is 0.271 e. The standard InChI is InChI=1S/C26H30N4O/c1-18-7-12-25(19(2)15-18)30-20(3)16-23(21(30)4)17-27-28-26(31)22-8-10-24(11-9-22)29-13-5-6-14-29/h7-12,15-17H,5-6,13-14H2,1-4H3,(H,28,31)/b27-17-. The van der Waals surface area contributed by atoms with Crippen LogP contribution in [0.5, 0.6) is 0 Å². The van der Waals surface area contributed by atoms with Crippen molar-refractivity contribution in [2.24, 2.45) is 5.10 Å². The second-order valence-corrected chi connectivity index (χ2v) is 8.39. The highest BCUT2D eigenvalue weighted by atomic mass is 16.2. The van der Waals surface area contributed by atoms with E-state index >= 15 is 0 Å². The van der Waals surface area contributed by atoms with Crippen LogP contribution < -0.4 is 10.3 Å². The number of carbonyl (C=O) groups is 1. The van der Waals surface area contributed by atoms with E-state index in [0.717, 1.165) is 30.0 Å². The molecule has 0 spiro atoms. The minimum Gasteiger partial charge on any atom is -0.372 e. The summed E-state index contributed by atoms with van der Waals surface area (Å²) in [4.78, 5) is 14.8. The topological polar surface area (TPSA) is 49.6 Å². The first-order chi connectivity index (χ1) is 14.9. The fraction of sp³-hybridized carbons (Fsp3) is 0.308. The molecule has 0 unspecified atom stereocenters. The third kappa shape index (κ3) is 4.41. The molecule has 1 N–H and O–H groups in total. The molecule has 0 saturated carbocycles. The third-order valence-corrected chi connectivity index (χ3v) is 6.03. The van der Waals surface area contributed by atoms with Crippen molar-refractivity contribution in [1.29, 1.82) is 0 Å². The number of nitrogens with one attached hydrogen (secondary N) is 1. The maximum Gasteiger partial charge on any atom is 0.271 e. The number of carbonyl (C=O) groups excluding carboxylic acids is 1. The number of anilines is 1. The fourth-order valence-electron chi connectivity index (χ4n) is 4.37. The third-order valence-electron chi connectivity index (χ3n) is 6.03. The Hall–Kier alpha value is -3.34. The lowest BCUT2D eigenvalue weighted by Crippen LogP contribution is -2.19. The monoisotopic (exact) mass is 414 g/mol. The van der Waals surface area contributed by atoms with E-state index in [0.29, 0.717) is 5.56 Å². The largest absolute Gasteiger partial charge is 0.372 e. The van der Waals surface area contributed by atoms with Gasteiger partial charge in [0.25, 0.3) is 5.91 Å². The van der Waals surface area contributed by atoms with Gasteiger partial charge in [-0.25, -0.2) is 5.43 Å². The predicted molar refractivity (Wildman–Crippen MR) is 128 cm³/mol. The Morgan fingerprint density at radius 2 is 1.68 bits per heavy atom. The lowest BCUT2D eigenvalue weighted by Gasteiger charge is -2.17. The van der Waals surface area contributed by atoms with Gasteiger partial charge in [-0.1, -0.05) is 17.7 Å². The summed E-state index contributed by atoms with van der Waals surface area (Å²) >= 11 is 0. The van der Waals surface area contributed by atoms with Crippen LogP contribution in [0.25, 0.3) is 5.69 Å². The van der Waals surface area contributed by atoms with E-state index < -0.39 is 0 Å². The molecule has 0 aliphatic carbocycles. The number of aromatic nitrogens is 1. The van der Waals surface area contributed by atoms with E-state index in [4.69, 9.17) is 0 Å². The molecule has 1 aliphatic rings. The van der Waals surface area contributed by atoms with Crippen molar-refractivity contribution in [3.8, 4) is 5.69 Å². The van der Waals surface area contributed by atoms with Gasteiger partial charge in [0.1, 0.15) is 0 Å². The Morgan fingerprint density at radius 1 is 0.968 bits per heavy atom. The molecule has 5 heteroatoms. The summed E-state index contributed by atoms with van der Waals surface area (Å²) in [6.07, 6.45) is 4.20. The molecule has 0 bridgehead atoms. The lowest BCUT2D eigenvalue weighted by atomic mass is 10.1.